The van der Waals surface area contributed by atoms with Crippen LogP contribution >= 0.6 is 0 Å². The summed E-state index contributed by atoms with van der Waals surface area (Å²) in [4.78, 5) is 11.1. The van der Waals surface area contributed by atoms with Crippen molar-refractivity contribution >= 4 is 5.97 Å². The van der Waals surface area contributed by atoms with E-state index in [0.29, 0.717) is 30.2 Å². The van der Waals surface area contributed by atoms with Gasteiger partial charge in [0.05, 0.1) is 13.0 Å². The molecule has 0 spiro atoms. The van der Waals surface area contributed by atoms with Crippen LogP contribution in [0.25, 0.3) is 0 Å². The molecule has 5 heteroatoms. The van der Waals surface area contributed by atoms with Crippen LogP contribution in [-0.2, 0) is 11.3 Å². The van der Waals surface area contributed by atoms with Crippen molar-refractivity contribution in [2.75, 3.05) is 13.7 Å². The van der Waals surface area contributed by atoms with E-state index in [1.807, 2.05) is 13.8 Å². The zero-order chi connectivity index (χ0) is 15.1. The Morgan fingerprint density at radius 3 is 2.70 bits per heavy atom. The lowest BCUT2D eigenvalue weighted by Crippen LogP contribution is -2.29. The molecule has 0 amide bonds. The Balaban J connectivity index is 2.56. The Hall–Kier alpha value is -1.62. The molecule has 0 radical (unpaired) electrons. The van der Waals surface area contributed by atoms with E-state index >= 15 is 0 Å². The highest BCUT2D eigenvalue weighted by atomic mass is 19.1. The average molecular weight is 283 g/mol. The standard InChI is InChI=1S/C15H22FNO3/c1-10(2)6-12(15(18)19)9-17-8-11-7-13(20-3)4-5-14(11)16/h4-5,7,10,12,17H,6,8-9H2,1-3H3,(H,18,19). The second kappa shape index (κ2) is 7.85. The number of ether oxygens (including phenoxy) is 1. The highest BCUT2D eigenvalue weighted by Gasteiger charge is 2.18. The van der Waals surface area contributed by atoms with Crippen LogP contribution in [0, 0.1) is 17.7 Å². The quantitative estimate of drug-likeness (QED) is 0.770. The van der Waals surface area contributed by atoms with Crippen molar-refractivity contribution in [2.24, 2.45) is 11.8 Å². The van der Waals surface area contributed by atoms with Gasteiger partial charge in [0.25, 0.3) is 0 Å². The van der Waals surface area contributed by atoms with Gasteiger partial charge >= 0.3 is 5.97 Å². The first-order chi connectivity index (χ1) is 9.43. The molecule has 0 aromatic heterocycles. The molecular formula is C15H22FNO3. The molecule has 112 valence electrons. The first-order valence-electron chi connectivity index (χ1n) is 6.70. The fraction of sp³-hybridized carbons (Fsp3) is 0.533. The Kier molecular flexibility index (Phi) is 6.45. The summed E-state index contributed by atoms with van der Waals surface area (Å²) in [6.07, 6.45) is 0.600. The number of carbonyl (C=O) groups is 1. The van der Waals surface area contributed by atoms with Gasteiger partial charge in [-0.2, -0.15) is 0 Å². The number of hydrogen-bond acceptors (Lipinski definition) is 3. The van der Waals surface area contributed by atoms with Crippen LogP contribution in [0.4, 0.5) is 4.39 Å². The third-order valence-corrected chi connectivity index (χ3v) is 3.06. The van der Waals surface area contributed by atoms with Crippen LogP contribution in [0.1, 0.15) is 25.8 Å². The van der Waals surface area contributed by atoms with E-state index in [1.165, 1.54) is 13.2 Å². The predicted octanol–water partition coefficient (Wildman–Crippen LogP) is 2.67. The topological polar surface area (TPSA) is 58.6 Å². The van der Waals surface area contributed by atoms with E-state index in [1.54, 1.807) is 12.1 Å². The van der Waals surface area contributed by atoms with Crippen molar-refractivity contribution < 1.29 is 19.0 Å². The SMILES string of the molecule is COc1ccc(F)c(CNCC(CC(C)C)C(=O)O)c1. The number of hydrogen-bond donors (Lipinski definition) is 2. The van der Waals surface area contributed by atoms with E-state index in [4.69, 9.17) is 9.84 Å². The predicted molar refractivity (Wildman–Crippen MR) is 75.2 cm³/mol. The van der Waals surface area contributed by atoms with Crippen molar-refractivity contribution in [3.63, 3.8) is 0 Å². The zero-order valence-corrected chi connectivity index (χ0v) is 12.1. The summed E-state index contributed by atoms with van der Waals surface area (Å²) in [7, 11) is 1.52. The molecule has 1 aromatic carbocycles. The van der Waals surface area contributed by atoms with Crippen LogP contribution in [0.3, 0.4) is 0 Å². The number of carboxylic acids is 1. The van der Waals surface area contributed by atoms with Crippen LogP contribution in [0.15, 0.2) is 18.2 Å². The van der Waals surface area contributed by atoms with Gasteiger partial charge < -0.3 is 15.2 Å². The molecule has 20 heavy (non-hydrogen) atoms. The first-order valence-corrected chi connectivity index (χ1v) is 6.70. The van der Waals surface area contributed by atoms with E-state index in [-0.39, 0.29) is 12.4 Å². The van der Waals surface area contributed by atoms with Gasteiger partial charge in [-0.25, -0.2) is 4.39 Å². The fourth-order valence-corrected chi connectivity index (χ4v) is 2.04. The molecule has 0 heterocycles. The van der Waals surface area contributed by atoms with Gasteiger partial charge in [-0.05, 0) is 30.5 Å². The van der Waals surface area contributed by atoms with Crippen molar-refractivity contribution in [3.8, 4) is 5.75 Å². The molecule has 1 atom stereocenters. The molecule has 1 unspecified atom stereocenters. The Labute approximate surface area is 119 Å². The second-order valence-corrected chi connectivity index (χ2v) is 5.25. The maximum absolute atomic E-state index is 13.6. The first kappa shape index (κ1) is 16.4. The number of aliphatic carboxylic acids is 1. The molecule has 0 saturated carbocycles. The summed E-state index contributed by atoms with van der Waals surface area (Å²) >= 11 is 0. The van der Waals surface area contributed by atoms with Crippen molar-refractivity contribution in [3.05, 3.63) is 29.6 Å². The van der Waals surface area contributed by atoms with E-state index < -0.39 is 11.9 Å². The summed E-state index contributed by atoms with van der Waals surface area (Å²) in [5.74, 6) is -0.707. The van der Waals surface area contributed by atoms with Gasteiger partial charge in [0, 0.05) is 18.7 Å². The summed E-state index contributed by atoms with van der Waals surface area (Å²) in [5.41, 5.74) is 0.470. The molecule has 0 aliphatic heterocycles. The Bertz CT molecular complexity index is 449. The smallest absolute Gasteiger partial charge is 0.307 e. The number of methoxy groups -OCH3 is 1. The van der Waals surface area contributed by atoms with Gasteiger partial charge in [-0.15, -0.1) is 0 Å². The van der Waals surface area contributed by atoms with E-state index in [9.17, 15) is 9.18 Å². The Morgan fingerprint density at radius 2 is 2.15 bits per heavy atom. The summed E-state index contributed by atoms with van der Waals surface area (Å²) < 4.78 is 18.6. The lowest BCUT2D eigenvalue weighted by molar-refractivity contribution is -0.142. The number of nitrogens with one attached hydrogen (secondary N) is 1. The fourth-order valence-electron chi connectivity index (χ4n) is 2.04. The van der Waals surface area contributed by atoms with E-state index in [0.717, 1.165) is 0 Å². The van der Waals surface area contributed by atoms with Crippen LogP contribution in [-0.4, -0.2) is 24.7 Å². The summed E-state index contributed by atoms with van der Waals surface area (Å²) in [5, 5.41) is 12.1. The van der Waals surface area contributed by atoms with Crippen LogP contribution in [0.2, 0.25) is 0 Å². The minimum Gasteiger partial charge on any atom is -0.497 e. The molecule has 0 aliphatic carbocycles. The molecule has 0 saturated heterocycles. The van der Waals surface area contributed by atoms with Gasteiger partial charge in [-0.1, -0.05) is 13.8 Å². The largest absolute Gasteiger partial charge is 0.497 e. The lowest BCUT2D eigenvalue weighted by Gasteiger charge is -2.15. The van der Waals surface area contributed by atoms with Crippen LogP contribution < -0.4 is 10.1 Å². The number of benzene rings is 1. The molecular weight excluding hydrogens is 261 g/mol. The minimum atomic E-state index is -0.822. The van der Waals surface area contributed by atoms with Gasteiger partial charge in [0.2, 0.25) is 0 Å². The number of halogens is 1. The molecule has 0 aliphatic rings. The Morgan fingerprint density at radius 1 is 1.45 bits per heavy atom. The second-order valence-electron chi connectivity index (χ2n) is 5.25. The van der Waals surface area contributed by atoms with Gasteiger partial charge in [0.1, 0.15) is 11.6 Å². The molecule has 1 aromatic rings. The highest BCUT2D eigenvalue weighted by molar-refractivity contribution is 5.70. The van der Waals surface area contributed by atoms with E-state index in [2.05, 4.69) is 5.32 Å². The molecule has 0 fully saturated rings. The number of rotatable bonds is 8. The zero-order valence-electron chi connectivity index (χ0n) is 12.1. The van der Waals surface area contributed by atoms with Gasteiger partial charge in [-0.3, -0.25) is 4.79 Å². The lowest BCUT2D eigenvalue weighted by atomic mass is 9.97. The summed E-state index contributed by atoms with van der Waals surface area (Å²) in [6, 6.07) is 4.51. The molecule has 1 rings (SSSR count). The third kappa shape index (κ3) is 5.17. The summed E-state index contributed by atoms with van der Waals surface area (Å²) in [6.45, 7) is 4.57. The monoisotopic (exact) mass is 283 g/mol. The van der Waals surface area contributed by atoms with Crippen molar-refractivity contribution in [2.45, 2.75) is 26.8 Å². The van der Waals surface area contributed by atoms with Crippen molar-refractivity contribution in [1.82, 2.24) is 5.32 Å². The average Bonchev–Trinajstić information content (AvgIpc) is 2.39. The molecule has 0 bridgehead atoms. The maximum atomic E-state index is 13.6. The van der Waals surface area contributed by atoms with Gasteiger partial charge in [0.15, 0.2) is 0 Å². The maximum Gasteiger partial charge on any atom is 0.307 e. The minimum absolute atomic E-state index is 0.283. The molecule has 2 N–H and O–H groups in total. The number of carboxylic acid groups (broad SMARTS) is 1. The third-order valence-electron chi connectivity index (χ3n) is 3.06. The van der Waals surface area contributed by atoms with Crippen LogP contribution in [0.5, 0.6) is 5.75 Å². The molecule has 4 nitrogen and oxygen atoms in total. The van der Waals surface area contributed by atoms with Crippen molar-refractivity contribution in [1.29, 1.82) is 0 Å². The highest BCUT2D eigenvalue weighted by Crippen LogP contribution is 2.17. The normalized spacial score (nSPS) is 12.4.